The van der Waals surface area contributed by atoms with E-state index in [2.05, 4.69) is 0 Å². The van der Waals surface area contributed by atoms with Gasteiger partial charge < -0.3 is 15.5 Å². The molecule has 18 heavy (non-hydrogen) atoms. The van der Waals surface area contributed by atoms with Gasteiger partial charge in [-0.2, -0.15) is 13.2 Å². The number of amides is 1. The molecule has 5 nitrogen and oxygen atoms in total. The van der Waals surface area contributed by atoms with Crippen molar-refractivity contribution in [3.8, 4) is 0 Å². The van der Waals surface area contributed by atoms with E-state index in [4.69, 9.17) is 10.2 Å². The molecule has 0 bridgehead atoms. The van der Waals surface area contributed by atoms with Gasteiger partial charge in [-0.05, 0) is 5.41 Å². The molecule has 0 heterocycles. The Hall–Kier alpha value is -1.31. The quantitative estimate of drug-likeness (QED) is 0.670. The Kier molecular flexibility index (Phi) is 5.59. The number of aliphatic carboxylic acids is 1. The van der Waals surface area contributed by atoms with Crippen LogP contribution in [-0.4, -0.2) is 40.9 Å². The summed E-state index contributed by atoms with van der Waals surface area (Å²) in [5.41, 5.74) is -0.862. The maximum absolute atomic E-state index is 11.9. The number of hydrogen-bond acceptors (Lipinski definition) is 3. The minimum absolute atomic E-state index is 0.232. The Morgan fingerprint density at radius 3 is 2.11 bits per heavy atom. The fourth-order valence-electron chi connectivity index (χ4n) is 1.30. The van der Waals surface area contributed by atoms with Crippen LogP contribution >= 0.6 is 0 Å². The van der Waals surface area contributed by atoms with E-state index in [1.165, 1.54) is 13.8 Å². The minimum atomic E-state index is -4.79. The largest absolute Gasteiger partial charge is 0.481 e. The number of carbonyl (C=O) groups excluding carboxylic acids is 1. The van der Waals surface area contributed by atoms with Gasteiger partial charge in [0.05, 0.1) is 13.0 Å². The van der Waals surface area contributed by atoms with Crippen LogP contribution in [-0.2, 0) is 9.59 Å². The molecule has 1 atom stereocenters. The van der Waals surface area contributed by atoms with Crippen molar-refractivity contribution in [2.24, 2.45) is 5.41 Å². The summed E-state index contributed by atoms with van der Waals surface area (Å²) in [5.74, 6) is -1.83. The Balaban J connectivity index is 4.16. The lowest BCUT2D eigenvalue weighted by Crippen LogP contribution is -2.41. The highest BCUT2D eigenvalue weighted by Gasteiger charge is 2.38. The van der Waals surface area contributed by atoms with Gasteiger partial charge in [-0.1, -0.05) is 13.8 Å². The number of nitrogens with one attached hydrogen (secondary N) is 1. The number of rotatable bonds is 6. The molecule has 8 heteroatoms. The van der Waals surface area contributed by atoms with Crippen LogP contribution < -0.4 is 5.32 Å². The number of aliphatic hydroxyl groups excluding tert-OH is 1. The topological polar surface area (TPSA) is 86.6 Å². The van der Waals surface area contributed by atoms with Crippen LogP contribution in [0.2, 0.25) is 0 Å². The first kappa shape index (κ1) is 16.7. The highest BCUT2D eigenvalue weighted by molar-refractivity contribution is 5.77. The van der Waals surface area contributed by atoms with Crippen LogP contribution in [0.1, 0.15) is 26.7 Å². The number of hydrogen-bond donors (Lipinski definition) is 3. The molecule has 1 unspecified atom stereocenters. The number of aliphatic hydroxyl groups is 1. The van der Waals surface area contributed by atoms with Crippen LogP contribution in [0.3, 0.4) is 0 Å². The summed E-state index contributed by atoms with van der Waals surface area (Å²) in [6, 6.07) is 0. The second-order valence-corrected chi connectivity index (χ2v) is 4.77. The van der Waals surface area contributed by atoms with E-state index in [-0.39, 0.29) is 12.8 Å². The highest BCUT2D eigenvalue weighted by Crippen LogP contribution is 2.25. The fraction of sp³-hybridized carbons (Fsp3) is 0.800. The Morgan fingerprint density at radius 1 is 1.22 bits per heavy atom. The molecule has 0 saturated heterocycles. The maximum Gasteiger partial charge on any atom is 0.416 e. The van der Waals surface area contributed by atoms with Crippen molar-refractivity contribution in [3.63, 3.8) is 0 Å². The molecule has 1 amide bonds. The summed E-state index contributed by atoms with van der Waals surface area (Å²) in [7, 11) is 0. The number of carboxylic acids is 1. The smallest absolute Gasteiger partial charge is 0.416 e. The zero-order valence-corrected chi connectivity index (χ0v) is 10.0. The Bertz CT molecular complexity index is 315. The van der Waals surface area contributed by atoms with Gasteiger partial charge in [0, 0.05) is 6.42 Å². The van der Waals surface area contributed by atoms with Crippen molar-refractivity contribution in [2.45, 2.75) is 39.0 Å². The number of carboxylic acid groups (broad SMARTS) is 1. The molecular weight excluding hydrogens is 255 g/mol. The lowest BCUT2D eigenvalue weighted by Gasteiger charge is -2.22. The summed E-state index contributed by atoms with van der Waals surface area (Å²) in [4.78, 5) is 21.8. The standard InChI is InChI=1S/C10H16F3NO4/c1-9(2,4-8(17)18)3-7(16)14-5-6(15)10(11,12)13/h6,15H,3-5H2,1-2H3,(H,14,16)(H,17,18). The van der Waals surface area contributed by atoms with Crippen molar-refractivity contribution in [1.29, 1.82) is 0 Å². The van der Waals surface area contributed by atoms with E-state index in [0.29, 0.717) is 0 Å². The zero-order valence-electron chi connectivity index (χ0n) is 10.0. The first-order chi connectivity index (χ1) is 7.94. The van der Waals surface area contributed by atoms with Crippen molar-refractivity contribution in [1.82, 2.24) is 5.32 Å². The van der Waals surface area contributed by atoms with Crippen LogP contribution in [0, 0.1) is 5.41 Å². The first-order valence-corrected chi connectivity index (χ1v) is 5.17. The molecule has 0 radical (unpaired) electrons. The number of alkyl halides is 3. The summed E-state index contributed by atoms with van der Waals surface area (Å²) in [6.07, 6.45) is -7.92. The van der Waals surface area contributed by atoms with Gasteiger partial charge in [-0.3, -0.25) is 9.59 Å². The molecule has 0 aromatic carbocycles. The van der Waals surface area contributed by atoms with Gasteiger partial charge in [0.15, 0.2) is 6.10 Å². The van der Waals surface area contributed by atoms with E-state index in [0.717, 1.165) is 0 Å². The molecule has 106 valence electrons. The normalized spacial score (nSPS) is 14.1. The van der Waals surface area contributed by atoms with Crippen molar-refractivity contribution in [2.75, 3.05) is 6.54 Å². The van der Waals surface area contributed by atoms with Gasteiger partial charge in [0.1, 0.15) is 0 Å². The highest BCUT2D eigenvalue weighted by atomic mass is 19.4. The van der Waals surface area contributed by atoms with Crippen molar-refractivity contribution < 1.29 is 33.0 Å². The molecule has 0 spiro atoms. The Labute approximate surface area is 102 Å². The molecule has 0 saturated carbocycles. The number of carbonyl (C=O) groups is 2. The molecule has 0 rings (SSSR count). The van der Waals surface area contributed by atoms with Gasteiger partial charge >= 0.3 is 12.1 Å². The minimum Gasteiger partial charge on any atom is -0.481 e. The van der Waals surface area contributed by atoms with Crippen LogP contribution in [0.15, 0.2) is 0 Å². The predicted octanol–water partition coefficient (Wildman–Crippen LogP) is 0.917. The van der Waals surface area contributed by atoms with E-state index in [9.17, 15) is 22.8 Å². The summed E-state index contributed by atoms with van der Waals surface area (Å²) >= 11 is 0. The van der Waals surface area contributed by atoms with Crippen molar-refractivity contribution in [3.05, 3.63) is 0 Å². The molecule has 0 aliphatic heterocycles. The number of halogens is 3. The third-order valence-electron chi connectivity index (χ3n) is 2.14. The van der Waals surface area contributed by atoms with E-state index < -0.39 is 36.1 Å². The van der Waals surface area contributed by atoms with Crippen LogP contribution in [0.5, 0.6) is 0 Å². The molecule has 3 N–H and O–H groups in total. The van der Waals surface area contributed by atoms with E-state index >= 15 is 0 Å². The molecule has 0 fully saturated rings. The van der Waals surface area contributed by atoms with Crippen LogP contribution in [0.25, 0.3) is 0 Å². The zero-order chi connectivity index (χ0) is 14.6. The molecule has 0 aliphatic rings. The third kappa shape index (κ3) is 7.10. The Morgan fingerprint density at radius 2 is 1.72 bits per heavy atom. The molecule has 0 aromatic rings. The maximum atomic E-state index is 11.9. The lowest BCUT2D eigenvalue weighted by molar-refractivity contribution is -0.201. The average molecular weight is 271 g/mol. The van der Waals surface area contributed by atoms with E-state index in [1.807, 2.05) is 5.32 Å². The van der Waals surface area contributed by atoms with Crippen molar-refractivity contribution >= 4 is 11.9 Å². The van der Waals surface area contributed by atoms with E-state index in [1.54, 1.807) is 0 Å². The van der Waals surface area contributed by atoms with Crippen LogP contribution in [0.4, 0.5) is 13.2 Å². The van der Waals surface area contributed by atoms with Gasteiger partial charge in [0.25, 0.3) is 0 Å². The van der Waals surface area contributed by atoms with Gasteiger partial charge in [-0.25, -0.2) is 0 Å². The molecule has 0 aliphatic carbocycles. The summed E-state index contributed by atoms with van der Waals surface area (Å²) in [6.45, 7) is 2.09. The first-order valence-electron chi connectivity index (χ1n) is 5.17. The SMILES string of the molecule is CC(C)(CC(=O)O)CC(=O)NCC(O)C(F)(F)F. The second-order valence-electron chi connectivity index (χ2n) is 4.77. The lowest BCUT2D eigenvalue weighted by atomic mass is 9.85. The fourth-order valence-corrected chi connectivity index (χ4v) is 1.30. The molecule has 0 aromatic heterocycles. The monoisotopic (exact) mass is 271 g/mol. The predicted molar refractivity (Wildman–Crippen MR) is 55.7 cm³/mol. The molecular formula is C10H16F3NO4. The average Bonchev–Trinajstić information content (AvgIpc) is 2.09. The summed E-state index contributed by atoms with van der Waals surface area (Å²) in [5, 5.41) is 19.1. The van der Waals surface area contributed by atoms with Gasteiger partial charge in [-0.15, -0.1) is 0 Å². The summed E-state index contributed by atoms with van der Waals surface area (Å²) < 4.78 is 35.8. The third-order valence-corrected chi connectivity index (χ3v) is 2.14. The van der Waals surface area contributed by atoms with Gasteiger partial charge in [0.2, 0.25) is 5.91 Å². The second kappa shape index (κ2) is 6.03.